The first kappa shape index (κ1) is 11.7. The highest BCUT2D eigenvalue weighted by Gasteiger charge is 2.15. The number of anilines is 2. The molecule has 0 unspecified atom stereocenters. The van der Waals surface area contributed by atoms with Crippen molar-refractivity contribution in [3.63, 3.8) is 0 Å². The van der Waals surface area contributed by atoms with Gasteiger partial charge in [0, 0.05) is 19.6 Å². The largest absolute Gasteiger partial charge is 0.396 e. The lowest BCUT2D eigenvalue weighted by Gasteiger charge is -2.24. The molecule has 4 heteroatoms. The summed E-state index contributed by atoms with van der Waals surface area (Å²) in [4.78, 5) is 4.60. The molecule has 0 atom stereocenters. The summed E-state index contributed by atoms with van der Waals surface area (Å²) in [6, 6.07) is 7.81. The molecule has 17 heavy (non-hydrogen) atoms. The van der Waals surface area contributed by atoms with Crippen LogP contribution in [0.2, 0.25) is 0 Å². The second kappa shape index (κ2) is 5.07. The highest BCUT2D eigenvalue weighted by atomic mass is 15.2. The van der Waals surface area contributed by atoms with E-state index in [1.54, 1.807) is 6.07 Å². The minimum atomic E-state index is 0.570. The Kier molecular flexibility index (Phi) is 3.50. The van der Waals surface area contributed by atoms with Crippen molar-refractivity contribution in [1.82, 2.24) is 4.90 Å². The molecule has 0 radical (unpaired) electrons. The zero-order chi connectivity index (χ0) is 12.3. The van der Waals surface area contributed by atoms with Crippen LogP contribution < -0.4 is 10.6 Å². The number of hydrogen-bond acceptors (Lipinski definition) is 4. The lowest BCUT2D eigenvalue weighted by atomic mass is 10.1. The Bertz CT molecular complexity index is 436. The zero-order valence-corrected chi connectivity index (χ0v) is 10.2. The maximum atomic E-state index is 8.98. The first-order valence-corrected chi connectivity index (χ1v) is 5.94. The number of hydrogen-bond donors (Lipinski definition) is 1. The van der Waals surface area contributed by atoms with Crippen LogP contribution in [0, 0.1) is 11.3 Å². The van der Waals surface area contributed by atoms with E-state index in [1.165, 1.54) is 0 Å². The maximum absolute atomic E-state index is 8.98. The third kappa shape index (κ3) is 2.51. The van der Waals surface area contributed by atoms with Crippen molar-refractivity contribution in [2.24, 2.45) is 0 Å². The van der Waals surface area contributed by atoms with Crippen LogP contribution in [-0.4, -0.2) is 38.1 Å². The molecule has 0 amide bonds. The number of likely N-dealkylation sites (N-methyl/N-ethyl adjacent to an activating group) is 1. The van der Waals surface area contributed by atoms with Crippen molar-refractivity contribution >= 4 is 11.4 Å². The number of nitrogens with zero attached hydrogens (tertiary/aromatic N) is 3. The van der Waals surface area contributed by atoms with E-state index in [2.05, 4.69) is 22.9 Å². The normalized spacial score (nSPS) is 17.5. The van der Waals surface area contributed by atoms with E-state index in [0.29, 0.717) is 11.3 Å². The van der Waals surface area contributed by atoms with Crippen LogP contribution in [0.3, 0.4) is 0 Å². The molecular formula is C13H18N4. The number of nitriles is 1. The van der Waals surface area contributed by atoms with Gasteiger partial charge in [0.05, 0.1) is 16.9 Å². The van der Waals surface area contributed by atoms with Gasteiger partial charge in [0.25, 0.3) is 0 Å². The van der Waals surface area contributed by atoms with Crippen molar-refractivity contribution in [2.75, 3.05) is 43.9 Å². The van der Waals surface area contributed by atoms with E-state index in [-0.39, 0.29) is 0 Å². The molecule has 1 aliphatic rings. The van der Waals surface area contributed by atoms with Gasteiger partial charge in [0.2, 0.25) is 0 Å². The van der Waals surface area contributed by atoms with Crippen LogP contribution in [0.5, 0.6) is 0 Å². The number of para-hydroxylation sites is 1. The van der Waals surface area contributed by atoms with Crippen LogP contribution in [0.15, 0.2) is 18.2 Å². The molecule has 1 aliphatic heterocycles. The minimum Gasteiger partial charge on any atom is -0.396 e. The van der Waals surface area contributed by atoms with Crippen LogP contribution >= 0.6 is 0 Å². The fourth-order valence-corrected chi connectivity index (χ4v) is 2.21. The zero-order valence-electron chi connectivity index (χ0n) is 10.2. The van der Waals surface area contributed by atoms with Gasteiger partial charge < -0.3 is 15.5 Å². The summed E-state index contributed by atoms with van der Waals surface area (Å²) >= 11 is 0. The van der Waals surface area contributed by atoms with Gasteiger partial charge in [-0.25, -0.2) is 0 Å². The number of nitrogens with two attached hydrogens (primary N) is 1. The number of rotatable bonds is 1. The van der Waals surface area contributed by atoms with Crippen molar-refractivity contribution in [3.05, 3.63) is 23.8 Å². The minimum absolute atomic E-state index is 0.570. The van der Waals surface area contributed by atoms with Crippen molar-refractivity contribution < 1.29 is 0 Å². The molecule has 4 nitrogen and oxygen atoms in total. The molecule has 2 rings (SSSR count). The smallest absolute Gasteiger partial charge is 0.101 e. The van der Waals surface area contributed by atoms with E-state index in [4.69, 9.17) is 11.0 Å². The summed E-state index contributed by atoms with van der Waals surface area (Å²) in [7, 11) is 2.14. The SMILES string of the molecule is CN1CCCN(c2cccc(C#N)c2N)CC1. The molecular weight excluding hydrogens is 212 g/mol. The van der Waals surface area contributed by atoms with Gasteiger partial charge in [-0.15, -0.1) is 0 Å². The summed E-state index contributed by atoms with van der Waals surface area (Å²) in [5.41, 5.74) is 8.21. The highest BCUT2D eigenvalue weighted by Crippen LogP contribution is 2.26. The topological polar surface area (TPSA) is 56.3 Å². The van der Waals surface area contributed by atoms with Crippen molar-refractivity contribution in [1.29, 1.82) is 5.26 Å². The first-order chi connectivity index (χ1) is 8.22. The summed E-state index contributed by atoms with van der Waals surface area (Å²) in [5.74, 6) is 0. The van der Waals surface area contributed by atoms with Gasteiger partial charge in [0.1, 0.15) is 6.07 Å². The monoisotopic (exact) mass is 230 g/mol. The highest BCUT2D eigenvalue weighted by molar-refractivity contribution is 5.74. The molecule has 0 aliphatic carbocycles. The number of benzene rings is 1. The Labute approximate surface area is 102 Å². The lowest BCUT2D eigenvalue weighted by molar-refractivity contribution is 0.360. The molecule has 0 saturated carbocycles. The Morgan fingerprint density at radius 2 is 2.06 bits per heavy atom. The summed E-state index contributed by atoms with van der Waals surface area (Å²) < 4.78 is 0. The van der Waals surface area contributed by atoms with Gasteiger partial charge >= 0.3 is 0 Å². The van der Waals surface area contributed by atoms with Crippen LogP contribution in [0.4, 0.5) is 11.4 Å². The fourth-order valence-electron chi connectivity index (χ4n) is 2.21. The van der Waals surface area contributed by atoms with E-state index in [1.807, 2.05) is 12.1 Å². The van der Waals surface area contributed by atoms with E-state index in [9.17, 15) is 0 Å². The maximum Gasteiger partial charge on any atom is 0.101 e. The van der Waals surface area contributed by atoms with E-state index >= 15 is 0 Å². The van der Waals surface area contributed by atoms with Crippen LogP contribution in [0.1, 0.15) is 12.0 Å². The Morgan fingerprint density at radius 1 is 1.24 bits per heavy atom. The lowest BCUT2D eigenvalue weighted by Crippen LogP contribution is -2.29. The van der Waals surface area contributed by atoms with Gasteiger partial charge in [-0.3, -0.25) is 0 Å². The van der Waals surface area contributed by atoms with Crippen LogP contribution in [0.25, 0.3) is 0 Å². The quantitative estimate of drug-likeness (QED) is 0.738. The molecule has 1 heterocycles. The molecule has 1 saturated heterocycles. The predicted octanol–water partition coefficient (Wildman–Crippen LogP) is 1.28. The third-order valence-electron chi connectivity index (χ3n) is 3.26. The molecule has 1 fully saturated rings. The second-order valence-electron chi connectivity index (χ2n) is 4.49. The molecule has 0 bridgehead atoms. The Morgan fingerprint density at radius 3 is 2.82 bits per heavy atom. The van der Waals surface area contributed by atoms with Crippen molar-refractivity contribution in [2.45, 2.75) is 6.42 Å². The van der Waals surface area contributed by atoms with Gasteiger partial charge in [-0.1, -0.05) is 6.07 Å². The second-order valence-corrected chi connectivity index (χ2v) is 4.49. The molecule has 1 aromatic carbocycles. The fraction of sp³-hybridized carbons (Fsp3) is 0.462. The average Bonchev–Trinajstić information content (AvgIpc) is 2.54. The van der Waals surface area contributed by atoms with Crippen LogP contribution in [-0.2, 0) is 0 Å². The molecule has 90 valence electrons. The third-order valence-corrected chi connectivity index (χ3v) is 3.26. The Hall–Kier alpha value is -1.73. The standard InChI is InChI=1S/C13H18N4/c1-16-6-3-7-17(9-8-16)12-5-2-4-11(10-14)13(12)15/h2,4-5H,3,6-9,15H2,1H3. The first-order valence-electron chi connectivity index (χ1n) is 5.94. The van der Waals surface area contributed by atoms with Gasteiger partial charge in [-0.2, -0.15) is 5.26 Å². The molecule has 0 aromatic heterocycles. The van der Waals surface area contributed by atoms with Crippen molar-refractivity contribution in [3.8, 4) is 6.07 Å². The number of nitrogen functional groups attached to an aromatic ring is 1. The average molecular weight is 230 g/mol. The predicted molar refractivity (Wildman–Crippen MR) is 69.9 cm³/mol. The molecule has 2 N–H and O–H groups in total. The summed E-state index contributed by atoms with van der Waals surface area (Å²) in [5, 5.41) is 8.98. The van der Waals surface area contributed by atoms with Gasteiger partial charge in [0.15, 0.2) is 0 Å². The molecule has 0 spiro atoms. The van der Waals surface area contributed by atoms with E-state index in [0.717, 1.165) is 38.3 Å². The summed E-state index contributed by atoms with van der Waals surface area (Å²) in [6.07, 6.45) is 1.13. The summed E-state index contributed by atoms with van der Waals surface area (Å²) in [6.45, 7) is 4.13. The van der Waals surface area contributed by atoms with Gasteiger partial charge in [-0.05, 0) is 32.1 Å². The molecule has 1 aromatic rings. The van der Waals surface area contributed by atoms with E-state index < -0.39 is 0 Å². The Balaban J connectivity index is 2.25.